The topological polar surface area (TPSA) is 44.1 Å². The molecule has 0 aliphatic carbocycles. The van der Waals surface area contributed by atoms with E-state index in [1.165, 1.54) is 0 Å². The van der Waals surface area contributed by atoms with Crippen LogP contribution in [0.5, 0.6) is 0 Å². The second kappa shape index (κ2) is 5.27. The van der Waals surface area contributed by atoms with Crippen LogP contribution in [0.25, 0.3) is 0 Å². The van der Waals surface area contributed by atoms with Crippen molar-refractivity contribution < 1.29 is 4.79 Å². The minimum absolute atomic E-state index is 0.0794. The predicted molar refractivity (Wildman–Crippen MR) is 59.2 cm³/mol. The second-order valence-corrected chi connectivity index (χ2v) is 4.85. The van der Waals surface area contributed by atoms with Gasteiger partial charge in [0.05, 0.1) is 6.07 Å². The lowest BCUT2D eigenvalue weighted by Crippen LogP contribution is -2.39. The molecule has 0 radical (unpaired) electrons. The van der Waals surface area contributed by atoms with Gasteiger partial charge in [-0.15, -0.1) is 0 Å². The quantitative estimate of drug-likeness (QED) is 0.709. The van der Waals surface area contributed by atoms with Crippen molar-refractivity contribution in [1.82, 2.24) is 4.90 Å². The Morgan fingerprint density at radius 2 is 2.20 bits per heavy atom. The van der Waals surface area contributed by atoms with E-state index in [4.69, 9.17) is 5.26 Å². The normalized spacial score (nSPS) is 24.9. The van der Waals surface area contributed by atoms with Gasteiger partial charge < -0.3 is 4.90 Å². The first-order valence-corrected chi connectivity index (χ1v) is 5.68. The van der Waals surface area contributed by atoms with Gasteiger partial charge in [-0.25, -0.2) is 0 Å². The van der Waals surface area contributed by atoms with E-state index in [9.17, 15) is 4.79 Å². The van der Waals surface area contributed by atoms with Crippen molar-refractivity contribution in [2.75, 3.05) is 20.1 Å². The third-order valence-electron chi connectivity index (χ3n) is 3.14. The molecule has 0 spiro atoms. The molecule has 2 unspecified atom stereocenters. The molecule has 1 aliphatic heterocycles. The highest BCUT2D eigenvalue weighted by molar-refractivity contribution is 5.86. The van der Waals surface area contributed by atoms with Crippen LogP contribution in [0.15, 0.2) is 0 Å². The van der Waals surface area contributed by atoms with Crippen molar-refractivity contribution in [3.63, 3.8) is 0 Å². The number of nitriles is 1. The molecule has 1 fully saturated rings. The van der Waals surface area contributed by atoms with E-state index in [0.29, 0.717) is 0 Å². The van der Waals surface area contributed by atoms with Crippen LogP contribution in [0.2, 0.25) is 0 Å². The zero-order chi connectivity index (χ0) is 11.4. The lowest BCUT2D eigenvalue weighted by Gasteiger charge is -2.30. The molecule has 1 rings (SSSR count). The van der Waals surface area contributed by atoms with Crippen LogP contribution in [0.3, 0.4) is 0 Å². The maximum atomic E-state index is 12.1. The molecule has 0 amide bonds. The Bertz CT molecular complexity index is 267. The molecule has 1 saturated heterocycles. The van der Waals surface area contributed by atoms with E-state index >= 15 is 0 Å². The van der Waals surface area contributed by atoms with Gasteiger partial charge in [-0.2, -0.15) is 5.26 Å². The highest BCUT2D eigenvalue weighted by Gasteiger charge is 2.31. The number of piperidine rings is 1. The molecule has 84 valence electrons. The molecule has 0 aromatic heterocycles. The number of rotatable bonds is 3. The van der Waals surface area contributed by atoms with Crippen LogP contribution in [0.1, 0.15) is 26.7 Å². The zero-order valence-corrected chi connectivity index (χ0v) is 9.86. The van der Waals surface area contributed by atoms with Crippen LogP contribution >= 0.6 is 0 Å². The summed E-state index contributed by atoms with van der Waals surface area (Å²) in [5.41, 5.74) is 0. The van der Waals surface area contributed by atoms with E-state index in [2.05, 4.69) is 11.0 Å². The highest BCUT2D eigenvalue weighted by atomic mass is 16.1. The third-order valence-corrected chi connectivity index (χ3v) is 3.14. The number of ketones is 1. The molecule has 0 N–H and O–H groups in total. The zero-order valence-electron chi connectivity index (χ0n) is 9.86. The maximum Gasteiger partial charge on any atom is 0.154 e. The molecule has 0 aromatic carbocycles. The molecular formula is C12H20N2O. The summed E-state index contributed by atoms with van der Waals surface area (Å²) in [6.45, 7) is 5.78. The molecule has 1 aliphatic rings. The minimum Gasteiger partial charge on any atom is -0.306 e. The monoisotopic (exact) mass is 208 g/mol. The summed E-state index contributed by atoms with van der Waals surface area (Å²) in [6, 6.07) is 2.15. The van der Waals surface area contributed by atoms with E-state index in [0.717, 1.165) is 25.9 Å². The van der Waals surface area contributed by atoms with E-state index in [-0.39, 0.29) is 17.6 Å². The van der Waals surface area contributed by atoms with Crippen molar-refractivity contribution in [1.29, 1.82) is 5.26 Å². The van der Waals surface area contributed by atoms with Gasteiger partial charge in [0, 0.05) is 12.5 Å². The molecule has 0 aromatic rings. The lowest BCUT2D eigenvalue weighted by molar-refractivity contribution is -0.127. The number of likely N-dealkylation sites (tertiary alicyclic amines) is 1. The SMILES string of the molecule is CC(C)C(C#N)C(=O)C1CCCN(C)C1. The van der Waals surface area contributed by atoms with E-state index < -0.39 is 5.92 Å². The van der Waals surface area contributed by atoms with Crippen molar-refractivity contribution in [3.8, 4) is 6.07 Å². The van der Waals surface area contributed by atoms with Gasteiger partial charge in [0.2, 0.25) is 0 Å². The van der Waals surface area contributed by atoms with Crippen molar-refractivity contribution in [3.05, 3.63) is 0 Å². The van der Waals surface area contributed by atoms with Crippen molar-refractivity contribution >= 4 is 5.78 Å². The summed E-state index contributed by atoms with van der Waals surface area (Å²) in [6.07, 6.45) is 2.03. The first-order chi connectivity index (χ1) is 7.06. The maximum absolute atomic E-state index is 12.1. The molecule has 3 nitrogen and oxygen atoms in total. The molecule has 0 bridgehead atoms. The predicted octanol–water partition coefficient (Wildman–Crippen LogP) is 1.69. The number of Topliss-reactive ketones (excluding diaryl/α,β-unsaturated/α-hetero) is 1. The smallest absolute Gasteiger partial charge is 0.154 e. The fourth-order valence-corrected chi connectivity index (χ4v) is 2.19. The summed E-state index contributed by atoms with van der Waals surface area (Å²) in [4.78, 5) is 14.2. The molecule has 2 atom stereocenters. The van der Waals surface area contributed by atoms with Crippen molar-refractivity contribution in [2.24, 2.45) is 17.8 Å². The largest absolute Gasteiger partial charge is 0.306 e. The Kier molecular flexibility index (Phi) is 4.28. The molecule has 15 heavy (non-hydrogen) atoms. The summed E-state index contributed by atoms with van der Waals surface area (Å²) >= 11 is 0. The molecule has 1 heterocycles. The van der Waals surface area contributed by atoms with Crippen molar-refractivity contribution in [2.45, 2.75) is 26.7 Å². The Labute approximate surface area is 92.1 Å². The highest BCUT2D eigenvalue weighted by Crippen LogP contribution is 2.22. The van der Waals surface area contributed by atoms with Crippen LogP contribution in [-0.4, -0.2) is 30.8 Å². The molecular weight excluding hydrogens is 188 g/mol. The summed E-state index contributed by atoms with van der Waals surface area (Å²) in [5.74, 6) is -0.0499. The first-order valence-electron chi connectivity index (χ1n) is 5.68. The first kappa shape index (κ1) is 12.2. The van der Waals surface area contributed by atoms with Gasteiger partial charge in [-0.1, -0.05) is 13.8 Å². The molecule has 0 saturated carbocycles. The number of hydrogen-bond donors (Lipinski definition) is 0. The lowest BCUT2D eigenvalue weighted by atomic mass is 9.82. The molecule has 3 heteroatoms. The fraction of sp³-hybridized carbons (Fsp3) is 0.833. The van der Waals surface area contributed by atoms with Gasteiger partial charge in [-0.3, -0.25) is 4.79 Å². The third kappa shape index (κ3) is 3.04. The van der Waals surface area contributed by atoms with Crippen LogP contribution < -0.4 is 0 Å². The average Bonchev–Trinajstić information content (AvgIpc) is 2.18. The Morgan fingerprint density at radius 1 is 1.53 bits per heavy atom. The minimum atomic E-state index is -0.415. The van der Waals surface area contributed by atoms with Gasteiger partial charge in [0.15, 0.2) is 5.78 Å². The van der Waals surface area contributed by atoms with Crippen LogP contribution in [0.4, 0.5) is 0 Å². The summed E-state index contributed by atoms with van der Waals surface area (Å²) in [7, 11) is 2.04. The van der Waals surface area contributed by atoms with E-state index in [1.807, 2.05) is 20.9 Å². The number of carbonyl (C=O) groups excluding carboxylic acids is 1. The summed E-state index contributed by atoms with van der Waals surface area (Å²) < 4.78 is 0. The van der Waals surface area contributed by atoms with E-state index in [1.54, 1.807) is 0 Å². The average molecular weight is 208 g/mol. The van der Waals surface area contributed by atoms with Crippen LogP contribution in [0, 0.1) is 29.1 Å². The summed E-state index contributed by atoms with van der Waals surface area (Å²) in [5, 5.41) is 8.98. The Balaban J connectivity index is 2.63. The van der Waals surface area contributed by atoms with Gasteiger partial charge in [-0.05, 0) is 32.4 Å². The number of carbonyl (C=O) groups is 1. The van der Waals surface area contributed by atoms with Gasteiger partial charge in [0.25, 0.3) is 0 Å². The Hall–Kier alpha value is -0.880. The van der Waals surface area contributed by atoms with Gasteiger partial charge >= 0.3 is 0 Å². The number of nitrogens with zero attached hydrogens (tertiary/aromatic N) is 2. The standard InChI is InChI=1S/C12H20N2O/c1-9(2)11(7-13)12(15)10-5-4-6-14(3)8-10/h9-11H,4-6,8H2,1-3H3. The van der Waals surface area contributed by atoms with Crippen LogP contribution in [-0.2, 0) is 4.79 Å². The Morgan fingerprint density at radius 3 is 2.67 bits per heavy atom. The fourth-order valence-electron chi connectivity index (χ4n) is 2.19. The second-order valence-electron chi connectivity index (χ2n) is 4.85. The van der Waals surface area contributed by atoms with Gasteiger partial charge in [0.1, 0.15) is 5.92 Å². The number of hydrogen-bond acceptors (Lipinski definition) is 3.